The number of benzene rings is 1. The number of aliphatic hydroxyl groups excluding tert-OH is 1. The zero-order valence-corrected chi connectivity index (χ0v) is 16.0. The number of halogens is 4. The van der Waals surface area contributed by atoms with E-state index in [2.05, 4.69) is 10.6 Å². The van der Waals surface area contributed by atoms with Crippen molar-refractivity contribution in [1.82, 2.24) is 10.6 Å². The molecule has 0 bridgehead atoms. The summed E-state index contributed by atoms with van der Waals surface area (Å²) in [5.74, 6) is -1.13. The van der Waals surface area contributed by atoms with Gasteiger partial charge in [0.25, 0.3) is 0 Å². The Kier molecular flexibility index (Phi) is 9.01. The number of rotatable bonds is 7. The molecule has 0 radical (unpaired) electrons. The number of amides is 1. The second kappa shape index (κ2) is 10.3. The van der Waals surface area contributed by atoms with Gasteiger partial charge in [-0.05, 0) is 17.9 Å². The minimum Gasteiger partial charge on any atom is -0.382 e. The fourth-order valence-electron chi connectivity index (χ4n) is 2.90. The zero-order valence-electron chi connectivity index (χ0n) is 15.2. The quantitative estimate of drug-likeness (QED) is 0.645. The van der Waals surface area contributed by atoms with E-state index in [-0.39, 0.29) is 18.5 Å². The highest BCUT2D eigenvalue weighted by molar-refractivity contribution is 5.85. The van der Waals surface area contributed by atoms with Crippen molar-refractivity contribution in [3.63, 3.8) is 0 Å². The van der Waals surface area contributed by atoms with E-state index in [1.54, 1.807) is 0 Å². The molecule has 9 heteroatoms. The summed E-state index contributed by atoms with van der Waals surface area (Å²) in [5.41, 5.74) is 1.01. The smallest absolute Gasteiger partial charge is 0.382 e. The molecule has 1 saturated heterocycles. The van der Waals surface area contributed by atoms with Gasteiger partial charge in [0.15, 0.2) is 6.10 Å². The molecular formula is C18H26ClF3N2O3. The molecule has 0 aromatic heterocycles. The van der Waals surface area contributed by atoms with Gasteiger partial charge in [-0.15, -0.1) is 12.4 Å². The van der Waals surface area contributed by atoms with Gasteiger partial charge in [0.2, 0.25) is 5.91 Å². The van der Waals surface area contributed by atoms with E-state index < -0.39 is 36.2 Å². The Balaban J connectivity index is 0.00000364. The van der Waals surface area contributed by atoms with E-state index in [0.717, 1.165) is 5.56 Å². The van der Waals surface area contributed by atoms with Gasteiger partial charge in [0.1, 0.15) is 0 Å². The Labute approximate surface area is 163 Å². The fraction of sp³-hybridized carbons (Fsp3) is 0.611. The normalized spacial score (nSPS) is 22.2. The van der Waals surface area contributed by atoms with Crippen LogP contribution in [0.25, 0.3) is 0 Å². The van der Waals surface area contributed by atoms with E-state index in [4.69, 9.17) is 4.74 Å². The van der Waals surface area contributed by atoms with Crippen LogP contribution >= 0.6 is 12.4 Å². The summed E-state index contributed by atoms with van der Waals surface area (Å²) in [5, 5.41) is 14.8. The maximum atomic E-state index is 12.8. The van der Waals surface area contributed by atoms with Gasteiger partial charge in [0, 0.05) is 6.54 Å². The van der Waals surface area contributed by atoms with Crippen LogP contribution in [0.1, 0.15) is 25.8 Å². The molecule has 154 valence electrons. The SMILES string of the molecule is CC(C)C(NC(=O)[C@@H]1C[C@@H](OCc2ccccc2)CN1)C(O)C(F)(F)F.Cl. The highest BCUT2D eigenvalue weighted by Crippen LogP contribution is 2.25. The van der Waals surface area contributed by atoms with Crippen LogP contribution in [0, 0.1) is 5.92 Å². The number of aliphatic hydroxyl groups is 1. The van der Waals surface area contributed by atoms with Crippen molar-refractivity contribution in [2.24, 2.45) is 5.92 Å². The molecule has 4 atom stereocenters. The molecule has 3 N–H and O–H groups in total. The lowest BCUT2D eigenvalue weighted by Gasteiger charge is -2.29. The summed E-state index contributed by atoms with van der Waals surface area (Å²) in [6.45, 7) is 3.89. The Morgan fingerprint density at radius 3 is 2.52 bits per heavy atom. The van der Waals surface area contributed by atoms with Crippen LogP contribution in [-0.2, 0) is 16.1 Å². The molecule has 0 aliphatic carbocycles. The van der Waals surface area contributed by atoms with Crippen LogP contribution in [0.3, 0.4) is 0 Å². The lowest BCUT2D eigenvalue weighted by atomic mass is 9.97. The monoisotopic (exact) mass is 410 g/mol. The predicted molar refractivity (Wildman–Crippen MR) is 97.5 cm³/mol. The van der Waals surface area contributed by atoms with Crippen molar-refractivity contribution in [3.8, 4) is 0 Å². The molecule has 2 unspecified atom stereocenters. The van der Waals surface area contributed by atoms with Crippen LogP contribution in [-0.4, -0.2) is 48.0 Å². The molecule has 1 aliphatic heterocycles. The van der Waals surface area contributed by atoms with E-state index in [1.807, 2.05) is 30.3 Å². The first kappa shape index (κ1) is 23.7. The molecule has 27 heavy (non-hydrogen) atoms. The molecule has 2 rings (SSSR count). The maximum absolute atomic E-state index is 12.8. The van der Waals surface area contributed by atoms with Crippen LogP contribution < -0.4 is 10.6 Å². The molecule has 1 heterocycles. The topological polar surface area (TPSA) is 70.6 Å². The lowest BCUT2D eigenvalue weighted by Crippen LogP contribution is -2.55. The second-order valence-electron chi connectivity index (χ2n) is 6.88. The van der Waals surface area contributed by atoms with Crippen LogP contribution in [0.2, 0.25) is 0 Å². The largest absolute Gasteiger partial charge is 0.416 e. The maximum Gasteiger partial charge on any atom is 0.416 e. The molecule has 1 aromatic carbocycles. The number of alkyl halides is 3. The number of carbonyl (C=O) groups is 1. The molecule has 0 spiro atoms. The Bertz CT molecular complexity index is 587. The van der Waals surface area contributed by atoms with Gasteiger partial charge in [-0.2, -0.15) is 13.2 Å². The molecular weight excluding hydrogens is 385 g/mol. The molecule has 1 fully saturated rings. The van der Waals surface area contributed by atoms with Crippen molar-refractivity contribution in [3.05, 3.63) is 35.9 Å². The lowest BCUT2D eigenvalue weighted by molar-refractivity contribution is -0.215. The minimum atomic E-state index is -4.79. The van der Waals surface area contributed by atoms with Gasteiger partial charge in [0.05, 0.1) is 24.8 Å². The fourth-order valence-corrected chi connectivity index (χ4v) is 2.90. The van der Waals surface area contributed by atoms with Gasteiger partial charge in [-0.1, -0.05) is 44.2 Å². The summed E-state index contributed by atoms with van der Waals surface area (Å²) in [6.07, 6.45) is -7.22. The van der Waals surface area contributed by atoms with Crippen molar-refractivity contribution in [1.29, 1.82) is 0 Å². The van der Waals surface area contributed by atoms with Crippen molar-refractivity contribution in [2.45, 2.75) is 57.3 Å². The van der Waals surface area contributed by atoms with Crippen LogP contribution in [0.5, 0.6) is 0 Å². The predicted octanol–water partition coefficient (Wildman–Crippen LogP) is 2.42. The van der Waals surface area contributed by atoms with E-state index in [0.29, 0.717) is 19.6 Å². The van der Waals surface area contributed by atoms with Crippen LogP contribution in [0.15, 0.2) is 30.3 Å². The third kappa shape index (κ3) is 6.95. The number of nitrogens with one attached hydrogen (secondary N) is 2. The average molecular weight is 411 g/mol. The Morgan fingerprint density at radius 2 is 1.96 bits per heavy atom. The van der Waals surface area contributed by atoms with Crippen molar-refractivity contribution < 1.29 is 27.8 Å². The number of ether oxygens (including phenoxy) is 1. The third-order valence-electron chi connectivity index (χ3n) is 4.44. The first-order valence-corrected chi connectivity index (χ1v) is 8.62. The number of hydrogen-bond donors (Lipinski definition) is 3. The molecule has 1 amide bonds. The van der Waals surface area contributed by atoms with Gasteiger partial charge in [-0.3, -0.25) is 4.79 Å². The Hall–Kier alpha value is -1.35. The number of carbonyl (C=O) groups excluding carboxylic acids is 1. The van der Waals surface area contributed by atoms with Gasteiger partial charge < -0.3 is 20.5 Å². The standard InChI is InChI=1S/C18H25F3N2O3.ClH/c1-11(2)15(16(24)18(19,20)21)23-17(25)14-8-13(9-22-14)26-10-12-6-4-3-5-7-12;/h3-7,11,13-16,22,24H,8-10H2,1-2H3,(H,23,25);1H/t13-,14+,15?,16?;/m1./s1. The zero-order chi connectivity index (χ0) is 19.3. The van der Waals surface area contributed by atoms with Crippen LogP contribution in [0.4, 0.5) is 13.2 Å². The van der Waals surface area contributed by atoms with E-state index in [9.17, 15) is 23.1 Å². The summed E-state index contributed by atoms with van der Waals surface area (Å²) >= 11 is 0. The molecule has 1 aliphatic rings. The van der Waals surface area contributed by atoms with Crippen molar-refractivity contribution in [2.75, 3.05) is 6.54 Å². The highest BCUT2D eigenvalue weighted by atomic mass is 35.5. The minimum absolute atomic E-state index is 0. The molecule has 5 nitrogen and oxygen atoms in total. The summed E-state index contributed by atoms with van der Waals surface area (Å²) in [6, 6.07) is 7.53. The van der Waals surface area contributed by atoms with E-state index >= 15 is 0 Å². The highest BCUT2D eigenvalue weighted by Gasteiger charge is 2.46. The summed E-state index contributed by atoms with van der Waals surface area (Å²) in [4.78, 5) is 12.3. The number of hydrogen-bond acceptors (Lipinski definition) is 4. The molecule has 0 saturated carbocycles. The summed E-state index contributed by atoms with van der Waals surface area (Å²) < 4.78 is 44.1. The van der Waals surface area contributed by atoms with E-state index in [1.165, 1.54) is 13.8 Å². The Morgan fingerprint density at radius 1 is 1.33 bits per heavy atom. The third-order valence-corrected chi connectivity index (χ3v) is 4.44. The van der Waals surface area contributed by atoms with Crippen molar-refractivity contribution >= 4 is 18.3 Å². The molecule has 1 aromatic rings. The van der Waals surface area contributed by atoms with Gasteiger partial charge >= 0.3 is 6.18 Å². The van der Waals surface area contributed by atoms with Gasteiger partial charge in [-0.25, -0.2) is 0 Å². The summed E-state index contributed by atoms with van der Waals surface area (Å²) in [7, 11) is 0. The first-order chi connectivity index (χ1) is 12.2. The first-order valence-electron chi connectivity index (χ1n) is 8.62. The second-order valence-corrected chi connectivity index (χ2v) is 6.88. The average Bonchev–Trinajstić information content (AvgIpc) is 3.06.